The first kappa shape index (κ1) is 21.5. The molecular weight excluding hydrogens is 506 g/mol. The molecule has 0 unspecified atom stereocenters. The van der Waals surface area contributed by atoms with Crippen LogP contribution >= 0.6 is 15.9 Å². The lowest BCUT2D eigenvalue weighted by Gasteiger charge is -2.28. The quantitative estimate of drug-likeness (QED) is 0.226. The summed E-state index contributed by atoms with van der Waals surface area (Å²) in [5.74, 6) is 0. The summed E-state index contributed by atoms with van der Waals surface area (Å²) in [6.07, 6.45) is 0. The normalized spacial score (nSPS) is 13.6. The minimum atomic E-state index is -0.0575. The van der Waals surface area contributed by atoms with Crippen LogP contribution in [0, 0.1) is 0 Å². The van der Waals surface area contributed by atoms with Gasteiger partial charge in [-0.25, -0.2) is 0 Å². The number of hydrogen-bond donors (Lipinski definition) is 0. The second kappa shape index (κ2) is 7.84. The average Bonchev–Trinajstić information content (AvgIpc) is 3.38. The number of para-hydroxylation sites is 1. The van der Waals surface area contributed by atoms with E-state index in [9.17, 15) is 0 Å². The summed E-state index contributed by atoms with van der Waals surface area (Å²) in [6.45, 7) is 4.66. The largest absolute Gasteiger partial charge is 0.456 e. The molecule has 0 bridgehead atoms. The smallest absolute Gasteiger partial charge is 0.135 e. The number of halogens is 1. The summed E-state index contributed by atoms with van der Waals surface area (Å²) in [4.78, 5) is 2.34. The Bertz CT molecular complexity index is 1780. The molecule has 3 heteroatoms. The molecule has 0 aliphatic heterocycles. The van der Waals surface area contributed by atoms with E-state index in [2.05, 4.69) is 132 Å². The average molecular weight is 530 g/mol. The Morgan fingerprint density at radius 3 is 2.08 bits per heavy atom. The summed E-state index contributed by atoms with van der Waals surface area (Å²) in [6, 6.07) is 38.9. The van der Waals surface area contributed by atoms with Crippen molar-refractivity contribution in [3.8, 4) is 11.1 Å². The molecule has 0 amide bonds. The molecule has 36 heavy (non-hydrogen) atoms. The van der Waals surface area contributed by atoms with Crippen molar-refractivity contribution in [3.05, 3.63) is 125 Å². The lowest BCUT2D eigenvalue weighted by atomic mass is 9.82. The highest BCUT2D eigenvalue weighted by Gasteiger charge is 2.35. The van der Waals surface area contributed by atoms with Crippen molar-refractivity contribution >= 4 is 54.9 Å². The van der Waals surface area contributed by atoms with Gasteiger partial charge in [0.1, 0.15) is 11.2 Å². The fourth-order valence-electron chi connectivity index (χ4n) is 5.72. The predicted molar refractivity (Wildman–Crippen MR) is 154 cm³/mol. The highest BCUT2D eigenvalue weighted by molar-refractivity contribution is 9.10. The fourth-order valence-corrected chi connectivity index (χ4v) is 5.99. The van der Waals surface area contributed by atoms with Crippen LogP contribution in [0.25, 0.3) is 33.1 Å². The first-order valence-electron chi connectivity index (χ1n) is 12.2. The van der Waals surface area contributed by atoms with Gasteiger partial charge in [-0.15, -0.1) is 0 Å². The predicted octanol–water partition coefficient (Wildman–Crippen LogP) is 10.1. The minimum absolute atomic E-state index is 0.0575. The Morgan fingerprint density at radius 2 is 1.22 bits per heavy atom. The Kier molecular flexibility index (Phi) is 4.67. The standard InChI is InChI=1S/C33H24BrNO/c1-33(2)29-9-5-3-7-25(29)26-17-15-24(20-30(26)33)35(22-13-11-21(34)12-14-22)23-16-18-32-28(19-23)27-8-4-6-10-31(27)36-32/h3-20H,1-2H3. The fraction of sp³-hybridized carbons (Fsp3) is 0.0909. The molecular formula is C33H24BrNO. The lowest BCUT2D eigenvalue weighted by molar-refractivity contribution is 0.660. The SMILES string of the molecule is CC1(C)c2ccccc2-c2ccc(N(c3ccc(Br)cc3)c3ccc4oc5ccccc5c4c3)cc21. The third-order valence-corrected chi connectivity index (χ3v) is 8.06. The van der Waals surface area contributed by atoms with Crippen LogP contribution in [0.2, 0.25) is 0 Å². The van der Waals surface area contributed by atoms with Crippen LogP contribution in [-0.2, 0) is 5.41 Å². The van der Waals surface area contributed by atoms with E-state index >= 15 is 0 Å². The van der Waals surface area contributed by atoms with E-state index in [4.69, 9.17) is 4.42 Å². The number of anilines is 3. The zero-order valence-corrected chi connectivity index (χ0v) is 21.7. The molecule has 0 saturated heterocycles. The van der Waals surface area contributed by atoms with E-state index in [0.29, 0.717) is 0 Å². The van der Waals surface area contributed by atoms with Gasteiger partial charge in [0, 0.05) is 37.7 Å². The molecule has 2 nitrogen and oxygen atoms in total. The van der Waals surface area contributed by atoms with Gasteiger partial charge in [0.25, 0.3) is 0 Å². The maximum Gasteiger partial charge on any atom is 0.135 e. The molecule has 0 N–H and O–H groups in total. The lowest BCUT2D eigenvalue weighted by Crippen LogP contribution is -2.16. The summed E-state index contributed by atoms with van der Waals surface area (Å²) in [5, 5.41) is 2.26. The first-order valence-corrected chi connectivity index (χ1v) is 13.0. The number of furan rings is 1. The van der Waals surface area contributed by atoms with Gasteiger partial charge in [-0.1, -0.05) is 78.3 Å². The number of hydrogen-bond acceptors (Lipinski definition) is 2. The van der Waals surface area contributed by atoms with Crippen molar-refractivity contribution in [1.29, 1.82) is 0 Å². The van der Waals surface area contributed by atoms with Crippen molar-refractivity contribution in [3.63, 3.8) is 0 Å². The third-order valence-electron chi connectivity index (χ3n) is 7.53. The molecule has 0 fully saturated rings. The molecule has 7 rings (SSSR count). The molecule has 0 saturated carbocycles. The van der Waals surface area contributed by atoms with Gasteiger partial charge in [0.15, 0.2) is 0 Å². The van der Waals surface area contributed by atoms with E-state index in [1.165, 1.54) is 22.3 Å². The molecule has 5 aromatic carbocycles. The van der Waals surface area contributed by atoms with E-state index in [-0.39, 0.29) is 5.41 Å². The molecule has 174 valence electrons. The first-order chi connectivity index (χ1) is 17.5. The van der Waals surface area contributed by atoms with Crippen LogP contribution in [0.1, 0.15) is 25.0 Å². The number of benzene rings is 5. The molecule has 1 aliphatic carbocycles. The van der Waals surface area contributed by atoms with Crippen LogP contribution < -0.4 is 4.90 Å². The molecule has 0 spiro atoms. The Hall–Kier alpha value is -3.82. The summed E-state index contributed by atoms with van der Waals surface area (Å²) in [5.41, 5.74) is 10.5. The minimum Gasteiger partial charge on any atom is -0.456 e. The van der Waals surface area contributed by atoms with Crippen LogP contribution in [0.5, 0.6) is 0 Å². The molecule has 1 aliphatic rings. The van der Waals surface area contributed by atoms with Gasteiger partial charge in [-0.05, 0) is 82.9 Å². The van der Waals surface area contributed by atoms with Crippen molar-refractivity contribution in [1.82, 2.24) is 0 Å². The third kappa shape index (κ3) is 3.16. The van der Waals surface area contributed by atoms with E-state index in [0.717, 1.165) is 43.5 Å². The zero-order chi connectivity index (χ0) is 24.4. The molecule has 6 aromatic rings. The summed E-state index contributed by atoms with van der Waals surface area (Å²) >= 11 is 3.60. The van der Waals surface area contributed by atoms with Crippen molar-refractivity contribution in [2.75, 3.05) is 4.90 Å². The number of rotatable bonds is 3. The maximum absolute atomic E-state index is 6.11. The van der Waals surface area contributed by atoms with Gasteiger partial charge in [0.2, 0.25) is 0 Å². The maximum atomic E-state index is 6.11. The van der Waals surface area contributed by atoms with Gasteiger partial charge in [-0.2, -0.15) is 0 Å². The molecule has 1 heterocycles. The Balaban J connectivity index is 1.44. The van der Waals surface area contributed by atoms with Gasteiger partial charge in [-0.3, -0.25) is 0 Å². The van der Waals surface area contributed by atoms with E-state index in [1.54, 1.807) is 0 Å². The second-order valence-corrected chi connectivity index (χ2v) is 10.9. The Labute approximate surface area is 218 Å². The molecule has 0 radical (unpaired) electrons. The van der Waals surface area contributed by atoms with E-state index in [1.807, 2.05) is 12.1 Å². The van der Waals surface area contributed by atoms with Crippen LogP contribution in [0.4, 0.5) is 17.1 Å². The number of fused-ring (bicyclic) bond motifs is 6. The zero-order valence-electron chi connectivity index (χ0n) is 20.1. The van der Waals surface area contributed by atoms with Crippen LogP contribution in [0.3, 0.4) is 0 Å². The monoisotopic (exact) mass is 529 g/mol. The molecule has 1 aromatic heterocycles. The topological polar surface area (TPSA) is 16.4 Å². The van der Waals surface area contributed by atoms with Gasteiger partial charge < -0.3 is 9.32 Å². The van der Waals surface area contributed by atoms with E-state index < -0.39 is 0 Å². The Morgan fingerprint density at radius 1 is 0.583 bits per heavy atom. The highest BCUT2D eigenvalue weighted by Crippen LogP contribution is 2.50. The molecule has 0 atom stereocenters. The summed E-state index contributed by atoms with van der Waals surface area (Å²) in [7, 11) is 0. The van der Waals surface area contributed by atoms with Crippen molar-refractivity contribution < 1.29 is 4.42 Å². The van der Waals surface area contributed by atoms with Crippen LogP contribution in [0.15, 0.2) is 118 Å². The second-order valence-electron chi connectivity index (χ2n) is 9.99. The van der Waals surface area contributed by atoms with Gasteiger partial charge in [0.05, 0.1) is 0 Å². The van der Waals surface area contributed by atoms with Crippen LogP contribution in [-0.4, -0.2) is 0 Å². The van der Waals surface area contributed by atoms with Crippen molar-refractivity contribution in [2.24, 2.45) is 0 Å². The van der Waals surface area contributed by atoms with Crippen molar-refractivity contribution in [2.45, 2.75) is 19.3 Å². The summed E-state index contributed by atoms with van der Waals surface area (Å²) < 4.78 is 7.18. The van der Waals surface area contributed by atoms with Gasteiger partial charge >= 0.3 is 0 Å². The number of nitrogens with zero attached hydrogens (tertiary/aromatic N) is 1. The highest BCUT2D eigenvalue weighted by atomic mass is 79.9.